The number of amides is 1. The molecule has 3 aromatic rings. The van der Waals surface area contributed by atoms with Crippen LogP contribution in [0.15, 0.2) is 66.7 Å². The third-order valence-corrected chi connectivity index (χ3v) is 3.88. The minimum Gasteiger partial charge on any atom is -0.497 e. The van der Waals surface area contributed by atoms with Crippen LogP contribution >= 0.6 is 0 Å². The number of benzene rings is 3. The molecule has 0 radical (unpaired) electrons. The molecule has 4 nitrogen and oxygen atoms in total. The highest BCUT2D eigenvalue weighted by molar-refractivity contribution is 6.02. The summed E-state index contributed by atoms with van der Waals surface area (Å²) in [6.45, 7) is 0. The molecule has 3 rings (SSSR count). The predicted octanol–water partition coefficient (Wildman–Crippen LogP) is 5.56. The van der Waals surface area contributed by atoms with Crippen LogP contribution in [-0.4, -0.2) is 13.0 Å². The summed E-state index contributed by atoms with van der Waals surface area (Å²) in [5.74, 6) is -3.25. The molecular formula is C22H16F3NO3. The van der Waals surface area contributed by atoms with Crippen LogP contribution in [0.2, 0.25) is 0 Å². The minimum atomic E-state index is -1.27. The van der Waals surface area contributed by atoms with Crippen molar-refractivity contribution in [3.63, 3.8) is 0 Å². The van der Waals surface area contributed by atoms with Gasteiger partial charge in [0.1, 0.15) is 17.3 Å². The second kappa shape index (κ2) is 8.97. The summed E-state index contributed by atoms with van der Waals surface area (Å²) in [5, 5.41) is 2.45. The number of ether oxygens (including phenoxy) is 2. The molecule has 1 N–H and O–H groups in total. The van der Waals surface area contributed by atoms with Crippen LogP contribution in [0.5, 0.6) is 17.2 Å². The molecule has 29 heavy (non-hydrogen) atoms. The Morgan fingerprint density at radius 1 is 0.897 bits per heavy atom. The van der Waals surface area contributed by atoms with E-state index in [9.17, 15) is 18.0 Å². The van der Waals surface area contributed by atoms with Crippen LogP contribution in [-0.2, 0) is 4.79 Å². The molecule has 0 fully saturated rings. The number of nitrogens with one attached hydrogen (secondary N) is 1. The summed E-state index contributed by atoms with van der Waals surface area (Å²) in [6.07, 6.45) is 2.79. The molecule has 0 saturated carbocycles. The zero-order valence-corrected chi connectivity index (χ0v) is 15.3. The predicted molar refractivity (Wildman–Crippen MR) is 103 cm³/mol. The molecule has 148 valence electrons. The number of anilines is 1. The number of hydrogen-bond donors (Lipinski definition) is 1. The lowest BCUT2D eigenvalue weighted by Crippen LogP contribution is -2.10. The summed E-state index contributed by atoms with van der Waals surface area (Å²) in [6, 6.07) is 13.8. The van der Waals surface area contributed by atoms with E-state index in [1.165, 1.54) is 24.3 Å². The SMILES string of the molecule is COc1ccc(/C=C/C(=O)Nc2ccc(F)c(F)c2Oc2ccc(F)cc2)cc1. The van der Waals surface area contributed by atoms with E-state index in [1.54, 1.807) is 37.5 Å². The number of halogens is 3. The van der Waals surface area contributed by atoms with Gasteiger partial charge in [-0.1, -0.05) is 12.1 Å². The number of carbonyl (C=O) groups is 1. The molecule has 7 heteroatoms. The summed E-state index contributed by atoms with van der Waals surface area (Å²) >= 11 is 0. The Kier molecular flexibility index (Phi) is 6.19. The van der Waals surface area contributed by atoms with E-state index in [-0.39, 0.29) is 11.4 Å². The topological polar surface area (TPSA) is 47.6 Å². The second-order valence-corrected chi connectivity index (χ2v) is 5.89. The lowest BCUT2D eigenvalue weighted by Gasteiger charge is -2.13. The summed E-state index contributed by atoms with van der Waals surface area (Å²) in [5.41, 5.74) is 0.673. The highest BCUT2D eigenvalue weighted by Gasteiger charge is 2.17. The van der Waals surface area contributed by atoms with E-state index in [2.05, 4.69) is 5.32 Å². The molecule has 0 heterocycles. The molecule has 1 amide bonds. The molecule has 3 aromatic carbocycles. The van der Waals surface area contributed by atoms with Gasteiger partial charge in [-0.3, -0.25) is 4.79 Å². The van der Waals surface area contributed by atoms with Crippen molar-refractivity contribution in [1.29, 1.82) is 0 Å². The smallest absolute Gasteiger partial charge is 0.248 e. The average molecular weight is 399 g/mol. The lowest BCUT2D eigenvalue weighted by atomic mass is 10.2. The molecule has 0 aliphatic rings. The van der Waals surface area contributed by atoms with Crippen LogP contribution in [0.3, 0.4) is 0 Å². The van der Waals surface area contributed by atoms with Gasteiger partial charge in [0.15, 0.2) is 11.6 Å². The van der Waals surface area contributed by atoms with E-state index >= 15 is 0 Å². The number of carbonyl (C=O) groups excluding carboxylic acids is 1. The number of hydrogen-bond acceptors (Lipinski definition) is 3. The van der Waals surface area contributed by atoms with Gasteiger partial charge >= 0.3 is 0 Å². The van der Waals surface area contributed by atoms with Crippen molar-refractivity contribution in [2.75, 3.05) is 12.4 Å². The van der Waals surface area contributed by atoms with E-state index in [4.69, 9.17) is 9.47 Å². The van der Waals surface area contributed by atoms with Crippen molar-refractivity contribution in [1.82, 2.24) is 0 Å². The van der Waals surface area contributed by atoms with Crippen LogP contribution < -0.4 is 14.8 Å². The molecule has 0 bridgehead atoms. The Morgan fingerprint density at radius 2 is 1.55 bits per heavy atom. The Bertz CT molecular complexity index is 1030. The molecule has 0 aliphatic carbocycles. The summed E-state index contributed by atoms with van der Waals surface area (Å²) in [7, 11) is 1.55. The Hall–Kier alpha value is -3.74. The third-order valence-electron chi connectivity index (χ3n) is 3.88. The highest BCUT2D eigenvalue weighted by atomic mass is 19.2. The van der Waals surface area contributed by atoms with E-state index in [0.29, 0.717) is 5.75 Å². The maximum atomic E-state index is 14.2. The van der Waals surface area contributed by atoms with Gasteiger partial charge in [-0.05, 0) is 60.2 Å². The van der Waals surface area contributed by atoms with E-state index < -0.39 is 29.1 Å². The first kappa shape index (κ1) is 20.0. The fourth-order valence-corrected chi connectivity index (χ4v) is 2.41. The molecule has 0 saturated heterocycles. The highest BCUT2D eigenvalue weighted by Crippen LogP contribution is 2.34. The maximum absolute atomic E-state index is 14.2. The van der Waals surface area contributed by atoms with Gasteiger partial charge in [0, 0.05) is 6.08 Å². The van der Waals surface area contributed by atoms with Gasteiger partial charge in [0.05, 0.1) is 12.8 Å². The second-order valence-electron chi connectivity index (χ2n) is 5.89. The van der Waals surface area contributed by atoms with Crippen molar-refractivity contribution in [3.05, 3.63) is 89.8 Å². The number of methoxy groups -OCH3 is 1. The van der Waals surface area contributed by atoms with Crippen LogP contribution in [0.1, 0.15) is 5.56 Å². The normalized spacial score (nSPS) is 10.8. The Morgan fingerprint density at radius 3 is 2.21 bits per heavy atom. The quantitative estimate of drug-likeness (QED) is 0.553. The van der Waals surface area contributed by atoms with Crippen molar-refractivity contribution < 1.29 is 27.4 Å². The van der Waals surface area contributed by atoms with Crippen molar-refractivity contribution in [2.45, 2.75) is 0 Å². The fraction of sp³-hybridized carbons (Fsp3) is 0.0455. The first-order valence-corrected chi connectivity index (χ1v) is 8.51. The molecule has 0 atom stereocenters. The molecule has 0 spiro atoms. The van der Waals surface area contributed by atoms with Crippen molar-refractivity contribution in [2.24, 2.45) is 0 Å². The molecule has 0 unspecified atom stereocenters. The van der Waals surface area contributed by atoms with Gasteiger partial charge in [-0.25, -0.2) is 8.78 Å². The first-order valence-electron chi connectivity index (χ1n) is 8.51. The summed E-state index contributed by atoms with van der Waals surface area (Å²) < 4.78 is 51.3. The first-order chi connectivity index (χ1) is 14.0. The minimum absolute atomic E-state index is 0.0717. The monoisotopic (exact) mass is 399 g/mol. The standard InChI is InChI=1S/C22H16F3NO3/c1-28-16-7-2-14(3-8-16)4-13-20(27)26-19-12-11-18(24)21(25)22(19)29-17-9-5-15(23)6-10-17/h2-13H,1H3,(H,26,27)/b13-4+. The molecule has 0 aromatic heterocycles. The van der Waals surface area contributed by atoms with Gasteiger partial charge in [-0.2, -0.15) is 4.39 Å². The zero-order chi connectivity index (χ0) is 20.8. The van der Waals surface area contributed by atoms with Gasteiger partial charge in [0.25, 0.3) is 0 Å². The largest absolute Gasteiger partial charge is 0.497 e. The van der Waals surface area contributed by atoms with Crippen molar-refractivity contribution in [3.8, 4) is 17.2 Å². The maximum Gasteiger partial charge on any atom is 0.248 e. The van der Waals surface area contributed by atoms with Crippen LogP contribution in [0.4, 0.5) is 18.9 Å². The third kappa shape index (κ3) is 5.16. The van der Waals surface area contributed by atoms with Gasteiger partial charge in [-0.15, -0.1) is 0 Å². The molecule has 0 aliphatic heterocycles. The Balaban J connectivity index is 1.78. The Labute approximate surface area is 165 Å². The van der Waals surface area contributed by atoms with Gasteiger partial charge in [0.2, 0.25) is 11.7 Å². The number of rotatable bonds is 6. The van der Waals surface area contributed by atoms with E-state index in [0.717, 1.165) is 23.8 Å². The van der Waals surface area contributed by atoms with Crippen molar-refractivity contribution >= 4 is 17.7 Å². The lowest BCUT2D eigenvalue weighted by molar-refractivity contribution is -0.111. The van der Waals surface area contributed by atoms with Crippen LogP contribution in [0.25, 0.3) is 6.08 Å². The summed E-state index contributed by atoms with van der Waals surface area (Å²) in [4.78, 5) is 12.2. The van der Waals surface area contributed by atoms with E-state index in [1.807, 2.05) is 0 Å². The average Bonchev–Trinajstić information content (AvgIpc) is 2.73. The van der Waals surface area contributed by atoms with Crippen LogP contribution in [0, 0.1) is 17.5 Å². The molecular weight excluding hydrogens is 383 g/mol. The van der Waals surface area contributed by atoms with Gasteiger partial charge < -0.3 is 14.8 Å². The fourth-order valence-electron chi connectivity index (χ4n) is 2.41. The zero-order valence-electron chi connectivity index (χ0n) is 15.3.